The molecule has 0 radical (unpaired) electrons. The van der Waals surface area contributed by atoms with Gasteiger partial charge in [0.25, 0.3) is 5.91 Å². The molecular weight excluding hydrogens is 216 g/mol. The van der Waals surface area contributed by atoms with Crippen LogP contribution in [-0.4, -0.2) is 15.9 Å². The molecule has 5 nitrogen and oxygen atoms in total. The van der Waals surface area contributed by atoms with Gasteiger partial charge < -0.3 is 11.1 Å². The van der Waals surface area contributed by atoms with Crippen LogP contribution in [0.2, 0.25) is 0 Å². The summed E-state index contributed by atoms with van der Waals surface area (Å²) in [5, 5.41) is 2.73. The molecule has 0 spiro atoms. The second-order valence-corrected chi connectivity index (χ2v) is 3.44. The summed E-state index contributed by atoms with van der Waals surface area (Å²) in [7, 11) is 0. The van der Waals surface area contributed by atoms with E-state index in [1.54, 1.807) is 42.9 Å². The summed E-state index contributed by atoms with van der Waals surface area (Å²) in [5.41, 5.74) is 7.42. The molecule has 0 saturated carbocycles. The van der Waals surface area contributed by atoms with Gasteiger partial charge >= 0.3 is 0 Å². The summed E-state index contributed by atoms with van der Waals surface area (Å²) in [6.45, 7) is 0.387. The quantitative estimate of drug-likeness (QED) is 0.826. The van der Waals surface area contributed by atoms with Gasteiger partial charge in [-0.1, -0.05) is 0 Å². The Morgan fingerprint density at radius 3 is 2.71 bits per heavy atom. The van der Waals surface area contributed by atoms with E-state index in [1.165, 1.54) is 0 Å². The van der Waals surface area contributed by atoms with Crippen molar-refractivity contribution in [2.24, 2.45) is 5.73 Å². The Labute approximate surface area is 98.7 Å². The summed E-state index contributed by atoms with van der Waals surface area (Å²) in [6, 6.07) is 6.88. The zero-order chi connectivity index (χ0) is 12.1. The van der Waals surface area contributed by atoms with Crippen LogP contribution in [0.15, 0.2) is 42.9 Å². The van der Waals surface area contributed by atoms with E-state index in [4.69, 9.17) is 5.73 Å². The summed E-state index contributed by atoms with van der Waals surface area (Å²) < 4.78 is 0. The van der Waals surface area contributed by atoms with Crippen molar-refractivity contribution in [1.82, 2.24) is 9.97 Å². The highest BCUT2D eigenvalue weighted by molar-refractivity contribution is 6.02. The number of rotatable bonds is 3. The van der Waals surface area contributed by atoms with Crippen LogP contribution in [0.1, 0.15) is 16.1 Å². The maximum atomic E-state index is 11.8. The van der Waals surface area contributed by atoms with Crippen LogP contribution in [0.4, 0.5) is 5.69 Å². The maximum absolute atomic E-state index is 11.8. The van der Waals surface area contributed by atoms with Crippen LogP contribution < -0.4 is 11.1 Å². The monoisotopic (exact) mass is 228 g/mol. The summed E-state index contributed by atoms with van der Waals surface area (Å²) in [6.07, 6.45) is 4.79. The van der Waals surface area contributed by atoms with Gasteiger partial charge in [-0.2, -0.15) is 0 Å². The van der Waals surface area contributed by atoms with Crippen LogP contribution in [0, 0.1) is 0 Å². The fourth-order valence-corrected chi connectivity index (χ4v) is 1.36. The van der Waals surface area contributed by atoms with Crippen molar-refractivity contribution < 1.29 is 4.79 Å². The first-order valence-corrected chi connectivity index (χ1v) is 5.16. The second kappa shape index (κ2) is 5.18. The third-order valence-corrected chi connectivity index (χ3v) is 2.23. The number of aromatic nitrogens is 2. The average molecular weight is 228 g/mol. The number of carbonyl (C=O) groups is 1. The average Bonchev–Trinajstić information content (AvgIpc) is 2.40. The van der Waals surface area contributed by atoms with Gasteiger partial charge in [0.15, 0.2) is 0 Å². The summed E-state index contributed by atoms with van der Waals surface area (Å²) in [5.74, 6) is -0.258. The number of nitrogens with two attached hydrogens (primary N) is 1. The van der Waals surface area contributed by atoms with Gasteiger partial charge in [0.05, 0.1) is 0 Å². The molecule has 0 fully saturated rings. The van der Waals surface area contributed by atoms with Gasteiger partial charge in [-0.15, -0.1) is 0 Å². The number of pyridine rings is 2. The molecule has 0 unspecified atom stereocenters. The van der Waals surface area contributed by atoms with E-state index < -0.39 is 0 Å². The molecule has 0 aliphatic heterocycles. The molecule has 0 aromatic carbocycles. The zero-order valence-corrected chi connectivity index (χ0v) is 9.13. The first kappa shape index (κ1) is 11.2. The first-order chi connectivity index (χ1) is 8.29. The fraction of sp³-hybridized carbons (Fsp3) is 0.0833. The highest BCUT2D eigenvalue weighted by Gasteiger charge is 2.07. The van der Waals surface area contributed by atoms with Gasteiger partial charge in [0.2, 0.25) is 0 Å². The Bertz CT molecular complexity index is 513. The zero-order valence-electron chi connectivity index (χ0n) is 9.13. The first-order valence-electron chi connectivity index (χ1n) is 5.16. The number of nitrogens with one attached hydrogen (secondary N) is 1. The minimum absolute atomic E-state index is 0.258. The standard InChI is InChI=1S/C12H12N4O/c13-8-9-1-6-15-11(7-9)12(17)16-10-2-4-14-5-3-10/h1-7H,8,13H2,(H,14,16,17). The van der Waals surface area contributed by atoms with E-state index in [0.717, 1.165) is 5.56 Å². The smallest absolute Gasteiger partial charge is 0.274 e. The van der Waals surface area contributed by atoms with Crippen molar-refractivity contribution >= 4 is 11.6 Å². The van der Waals surface area contributed by atoms with Crippen LogP contribution in [-0.2, 0) is 6.54 Å². The Kier molecular flexibility index (Phi) is 3.42. The number of hydrogen-bond acceptors (Lipinski definition) is 4. The van der Waals surface area contributed by atoms with Crippen LogP contribution in [0.5, 0.6) is 0 Å². The second-order valence-electron chi connectivity index (χ2n) is 3.44. The van der Waals surface area contributed by atoms with Gasteiger partial charge in [0, 0.05) is 30.8 Å². The van der Waals surface area contributed by atoms with Crippen LogP contribution in [0.3, 0.4) is 0 Å². The summed E-state index contributed by atoms with van der Waals surface area (Å²) >= 11 is 0. The van der Waals surface area contributed by atoms with Crippen molar-refractivity contribution in [2.45, 2.75) is 6.54 Å². The van der Waals surface area contributed by atoms with Crippen molar-refractivity contribution in [3.05, 3.63) is 54.1 Å². The molecular formula is C12H12N4O. The molecule has 86 valence electrons. The SMILES string of the molecule is NCc1ccnc(C(=O)Nc2ccncc2)c1. The fourth-order valence-electron chi connectivity index (χ4n) is 1.36. The van der Waals surface area contributed by atoms with Crippen molar-refractivity contribution in [1.29, 1.82) is 0 Å². The number of amides is 1. The van der Waals surface area contributed by atoms with Crippen LogP contribution in [0.25, 0.3) is 0 Å². The number of nitrogens with zero attached hydrogens (tertiary/aromatic N) is 2. The molecule has 17 heavy (non-hydrogen) atoms. The van der Waals surface area contributed by atoms with Crippen molar-refractivity contribution in [3.8, 4) is 0 Å². The Morgan fingerprint density at radius 2 is 2.00 bits per heavy atom. The van der Waals surface area contributed by atoms with E-state index in [2.05, 4.69) is 15.3 Å². The van der Waals surface area contributed by atoms with Gasteiger partial charge in [-0.05, 0) is 29.8 Å². The minimum atomic E-state index is -0.258. The van der Waals surface area contributed by atoms with E-state index >= 15 is 0 Å². The van der Waals surface area contributed by atoms with E-state index in [0.29, 0.717) is 17.9 Å². The summed E-state index contributed by atoms with van der Waals surface area (Å²) in [4.78, 5) is 19.7. The number of hydrogen-bond donors (Lipinski definition) is 2. The molecule has 0 bridgehead atoms. The Hall–Kier alpha value is -2.27. The van der Waals surface area contributed by atoms with Gasteiger partial charge in [0.1, 0.15) is 5.69 Å². The van der Waals surface area contributed by atoms with Crippen molar-refractivity contribution in [2.75, 3.05) is 5.32 Å². The lowest BCUT2D eigenvalue weighted by Crippen LogP contribution is -2.14. The molecule has 2 aromatic rings. The molecule has 2 heterocycles. The molecule has 0 aliphatic carbocycles. The minimum Gasteiger partial charge on any atom is -0.326 e. The Balaban J connectivity index is 2.14. The molecule has 0 aliphatic rings. The lowest BCUT2D eigenvalue weighted by atomic mass is 10.2. The third-order valence-electron chi connectivity index (χ3n) is 2.23. The molecule has 1 amide bonds. The number of carbonyl (C=O) groups excluding carboxylic acids is 1. The molecule has 2 rings (SSSR count). The maximum Gasteiger partial charge on any atom is 0.274 e. The Morgan fingerprint density at radius 1 is 1.24 bits per heavy atom. The third kappa shape index (κ3) is 2.85. The van der Waals surface area contributed by atoms with Gasteiger partial charge in [-0.3, -0.25) is 14.8 Å². The van der Waals surface area contributed by atoms with E-state index in [9.17, 15) is 4.79 Å². The largest absolute Gasteiger partial charge is 0.326 e. The molecule has 0 atom stereocenters. The molecule has 0 saturated heterocycles. The predicted molar refractivity (Wildman–Crippen MR) is 64.3 cm³/mol. The molecule has 3 N–H and O–H groups in total. The molecule has 5 heteroatoms. The lowest BCUT2D eigenvalue weighted by molar-refractivity contribution is 0.102. The highest BCUT2D eigenvalue weighted by atomic mass is 16.1. The normalized spacial score (nSPS) is 9.94. The number of anilines is 1. The van der Waals surface area contributed by atoms with Gasteiger partial charge in [-0.25, -0.2) is 0 Å². The topological polar surface area (TPSA) is 80.9 Å². The predicted octanol–water partition coefficient (Wildman–Crippen LogP) is 1.19. The van der Waals surface area contributed by atoms with Crippen molar-refractivity contribution in [3.63, 3.8) is 0 Å². The highest BCUT2D eigenvalue weighted by Crippen LogP contribution is 2.07. The van der Waals surface area contributed by atoms with E-state index in [1.807, 2.05) is 0 Å². The molecule has 2 aromatic heterocycles. The lowest BCUT2D eigenvalue weighted by Gasteiger charge is -2.04. The van der Waals surface area contributed by atoms with E-state index in [-0.39, 0.29) is 5.91 Å². The van der Waals surface area contributed by atoms with Crippen LogP contribution >= 0.6 is 0 Å².